The fourth-order valence-corrected chi connectivity index (χ4v) is 3.71. The molecule has 1 aliphatic heterocycles. The summed E-state index contributed by atoms with van der Waals surface area (Å²) in [4.78, 5) is 17.9. The van der Waals surface area contributed by atoms with E-state index in [2.05, 4.69) is 27.8 Å². The van der Waals surface area contributed by atoms with Crippen LogP contribution in [0.15, 0.2) is 29.3 Å². The number of halogens is 1. The first-order chi connectivity index (χ1) is 13.1. The van der Waals surface area contributed by atoms with Gasteiger partial charge in [0.2, 0.25) is 0 Å². The van der Waals surface area contributed by atoms with Gasteiger partial charge in [-0.05, 0) is 50.3 Å². The van der Waals surface area contributed by atoms with E-state index in [1.54, 1.807) is 11.9 Å². The van der Waals surface area contributed by atoms with Crippen molar-refractivity contribution in [1.82, 2.24) is 15.5 Å². The summed E-state index contributed by atoms with van der Waals surface area (Å²) in [5.74, 6) is 0.824. The van der Waals surface area contributed by atoms with Crippen LogP contribution in [0.1, 0.15) is 38.2 Å². The summed E-state index contributed by atoms with van der Waals surface area (Å²) in [6.07, 6.45) is 3.92. The summed E-state index contributed by atoms with van der Waals surface area (Å²) in [5, 5.41) is 7.76. The molecule has 148 valence electrons. The van der Waals surface area contributed by atoms with Crippen molar-refractivity contribution in [2.24, 2.45) is 4.99 Å². The molecule has 1 saturated carbocycles. The van der Waals surface area contributed by atoms with Crippen LogP contribution in [0.2, 0.25) is 5.02 Å². The number of carbonyl (C=O) groups excluding carboxylic acids is 1. The Labute approximate surface area is 166 Å². The zero-order valence-electron chi connectivity index (χ0n) is 16.1. The van der Waals surface area contributed by atoms with Gasteiger partial charge >= 0.3 is 6.09 Å². The SMILES string of the molecule is CCOC(=O)N1CCC(NC(=NC)NCC2(c3ccc(Cl)cc3)CC2)CC1. The molecule has 2 N–H and O–H groups in total. The molecule has 2 aliphatic rings. The first-order valence-corrected chi connectivity index (χ1v) is 10.1. The predicted octanol–water partition coefficient (Wildman–Crippen LogP) is 3.16. The van der Waals surface area contributed by atoms with Crippen molar-refractivity contribution in [3.8, 4) is 0 Å². The quantitative estimate of drug-likeness (QED) is 0.596. The molecule has 1 heterocycles. The number of nitrogens with zero attached hydrogens (tertiary/aromatic N) is 2. The van der Waals surface area contributed by atoms with Gasteiger partial charge in [-0.25, -0.2) is 4.79 Å². The van der Waals surface area contributed by atoms with E-state index in [1.165, 1.54) is 18.4 Å². The molecule has 6 nitrogen and oxygen atoms in total. The average Bonchev–Trinajstić information content (AvgIpc) is 3.47. The lowest BCUT2D eigenvalue weighted by atomic mass is 9.96. The third kappa shape index (κ3) is 5.06. The molecule has 0 spiro atoms. The van der Waals surface area contributed by atoms with Crippen molar-refractivity contribution in [3.63, 3.8) is 0 Å². The van der Waals surface area contributed by atoms with E-state index < -0.39 is 0 Å². The van der Waals surface area contributed by atoms with Gasteiger partial charge in [0.05, 0.1) is 6.61 Å². The van der Waals surface area contributed by atoms with E-state index in [1.807, 2.05) is 19.1 Å². The number of guanidine groups is 1. The molecule has 1 aromatic carbocycles. The molecule has 1 saturated heterocycles. The molecule has 0 radical (unpaired) electrons. The average molecular weight is 393 g/mol. The number of benzene rings is 1. The van der Waals surface area contributed by atoms with Gasteiger partial charge in [0.25, 0.3) is 0 Å². The van der Waals surface area contributed by atoms with Crippen molar-refractivity contribution in [2.75, 3.05) is 33.3 Å². The zero-order valence-corrected chi connectivity index (χ0v) is 16.9. The fourth-order valence-electron chi connectivity index (χ4n) is 3.58. The Morgan fingerprint density at radius 2 is 1.96 bits per heavy atom. The van der Waals surface area contributed by atoms with Crippen molar-refractivity contribution < 1.29 is 9.53 Å². The van der Waals surface area contributed by atoms with Crippen LogP contribution in [0.5, 0.6) is 0 Å². The van der Waals surface area contributed by atoms with Crippen LogP contribution in [0, 0.1) is 0 Å². The first-order valence-electron chi connectivity index (χ1n) is 9.71. The van der Waals surface area contributed by atoms with Gasteiger partial charge in [-0.3, -0.25) is 4.99 Å². The van der Waals surface area contributed by atoms with Crippen LogP contribution in [0.3, 0.4) is 0 Å². The van der Waals surface area contributed by atoms with Crippen LogP contribution in [0.25, 0.3) is 0 Å². The third-order valence-corrected chi connectivity index (χ3v) is 5.74. The summed E-state index contributed by atoms with van der Waals surface area (Å²) < 4.78 is 5.07. The van der Waals surface area contributed by atoms with Gasteiger partial charge in [-0.1, -0.05) is 23.7 Å². The molecule has 2 fully saturated rings. The molecule has 1 amide bonds. The molecule has 1 aromatic rings. The number of nitrogens with one attached hydrogen (secondary N) is 2. The number of ether oxygens (including phenoxy) is 1. The maximum absolute atomic E-state index is 11.8. The standard InChI is InChI=1S/C20H29ClN4O2/c1-3-27-19(26)25-12-8-17(9-13-25)24-18(22-2)23-14-20(10-11-20)15-4-6-16(21)7-5-15/h4-7,17H,3,8-14H2,1-2H3,(H2,22,23,24). The van der Waals surface area contributed by atoms with Gasteiger partial charge in [0.15, 0.2) is 5.96 Å². The number of hydrogen-bond donors (Lipinski definition) is 2. The van der Waals surface area contributed by atoms with Gasteiger partial charge < -0.3 is 20.3 Å². The van der Waals surface area contributed by atoms with Crippen molar-refractivity contribution in [3.05, 3.63) is 34.9 Å². The molecular formula is C20H29ClN4O2. The van der Waals surface area contributed by atoms with Crippen molar-refractivity contribution >= 4 is 23.7 Å². The smallest absolute Gasteiger partial charge is 0.409 e. The van der Waals surface area contributed by atoms with E-state index in [-0.39, 0.29) is 11.5 Å². The summed E-state index contributed by atoms with van der Waals surface area (Å²) in [5.41, 5.74) is 1.52. The van der Waals surface area contributed by atoms with Crippen LogP contribution in [0.4, 0.5) is 4.79 Å². The van der Waals surface area contributed by atoms with E-state index in [9.17, 15) is 4.79 Å². The Hall–Kier alpha value is -1.95. The normalized spacial score (nSPS) is 19.5. The molecule has 0 bridgehead atoms. The minimum Gasteiger partial charge on any atom is -0.450 e. The first kappa shape index (κ1) is 19.8. The number of piperidine rings is 1. The van der Waals surface area contributed by atoms with E-state index >= 15 is 0 Å². The Morgan fingerprint density at radius 1 is 1.30 bits per heavy atom. The Kier molecular flexibility index (Phi) is 6.47. The highest BCUT2D eigenvalue weighted by atomic mass is 35.5. The Morgan fingerprint density at radius 3 is 2.52 bits per heavy atom. The Balaban J connectivity index is 1.47. The van der Waals surface area contributed by atoms with Crippen molar-refractivity contribution in [2.45, 2.75) is 44.1 Å². The monoisotopic (exact) mass is 392 g/mol. The number of carbonyl (C=O) groups is 1. The number of amides is 1. The summed E-state index contributed by atoms with van der Waals surface area (Å²) in [6.45, 7) is 4.53. The highest BCUT2D eigenvalue weighted by molar-refractivity contribution is 6.30. The minimum atomic E-state index is -0.211. The number of hydrogen-bond acceptors (Lipinski definition) is 3. The molecule has 1 aliphatic carbocycles. The second-order valence-electron chi connectivity index (χ2n) is 7.32. The van der Waals surface area contributed by atoms with Crippen LogP contribution in [-0.2, 0) is 10.2 Å². The van der Waals surface area contributed by atoms with E-state index in [0.29, 0.717) is 25.7 Å². The number of likely N-dealkylation sites (tertiary alicyclic amines) is 1. The molecule has 7 heteroatoms. The molecular weight excluding hydrogens is 364 g/mol. The minimum absolute atomic E-state index is 0.190. The van der Waals surface area contributed by atoms with E-state index in [0.717, 1.165) is 30.4 Å². The van der Waals surface area contributed by atoms with Gasteiger partial charge in [0, 0.05) is 43.2 Å². The highest BCUT2D eigenvalue weighted by Crippen LogP contribution is 2.47. The lowest BCUT2D eigenvalue weighted by Crippen LogP contribution is -2.50. The van der Waals surface area contributed by atoms with Crippen LogP contribution in [-0.4, -0.2) is 56.3 Å². The lowest BCUT2D eigenvalue weighted by molar-refractivity contribution is 0.0963. The lowest BCUT2D eigenvalue weighted by Gasteiger charge is -2.32. The zero-order chi connectivity index (χ0) is 19.3. The Bertz CT molecular complexity index is 665. The van der Waals surface area contributed by atoms with Gasteiger partial charge in [0.1, 0.15) is 0 Å². The van der Waals surface area contributed by atoms with Crippen LogP contribution < -0.4 is 10.6 Å². The maximum atomic E-state index is 11.8. The van der Waals surface area contributed by atoms with Crippen molar-refractivity contribution in [1.29, 1.82) is 0 Å². The number of aliphatic imine (C=N–C) groups is 1. The maximum Gasteiger partial charge on any atom is 0.409 e. The van der Waals surface area contributed by atoms with Crippen LogP contribution >= 0.6 is 11.6 Å². The second kappa shape index (κ2) is 8.83. The third-order valence-electron chi connectivity index (χ3n) is 5.49. The topological polar surface area (TPSA) is 66.0 Å². The largest absolute Gasteiger partial charge is 0.450 e. The summed E-state index contributed by atoms with van der Waals surface area (Å²) in [7, 11) is 1.80. The number of rotatable bonds is 5. The molecule has 0 aromatic heterocycles. The molecule has 0 unspecified atom stereocenters. The summed E-state index contributed by atoms with van der Waals surface area (Å²) >= 11 is 6.01. The molecule has 3 rings (SSSR count). The predicted molar refractivity (Wildman–Crippen MR) is 108 cm³/mol. The highest BCUT2D eigenvalue weighted by Gasteiger charge is 2.44. The molecule has 27 heavy (non-hydrogen) atoms. The fraction of sp³-hybridized carbons (Fsp3) is 0.600. The molecule has 0 atom stereocenters. The summed E-state index contributed by atoms with van der Waals surface area (Å²) in [6, 6.07) is 8.48. The second-order valence-corrected chi connectivity index (χ2v) is 7.75. The van der Waals surface area contributed by atoms with E-state index in [4.69, 9.17) is 16.3 Å². The van der Waals surface area contributed by atoms with Gasteiger partial charge in [-0.15, -0.1) is 0 Å². The van der Waals surface area contributed by atoms with Gasteiger partial charge in [-0.2, -0.15) is 0 Å².